The van der Waals surface area contributed by atoms with E-state index in [1.54, 1.807) is 12.1 Å². The van der Waals surface area contributed by atoms with Crippen molar-refractivity contribution in [1.82, 2.24) is 9.62 Å². The molecule has 43 heavy (non-hydrogen) atoms. The molecule has 1 amide bonds. The number of nitrogens with zero attached hydrogens (tertiary/aromatic N) is 1. The van der Waals surface area contributed by atoms with Crippen molar-refractivity contribution in [3.05, 3.63) is 64.2 Å². The molecular weight excluding hydrogens is 598 g/mol. The van der Waals surface area contributed by atoms with Gasteiger partial charge in [0.25, 0.3) is 0 Å². The quantitative estimate of drug-likeness (QED) is 0.390. The van der Waals surface area contributed by atoms with Gasteiger partial charge in [0.2, 0.25) is 15.9 Å². The average Bonchev–Trinajstić information content (AvgIpc) is 3.07. The summed E-state index contributed by atoms with van der Waals surface area (Å²) < 4.78 is 63.7. The highest BCUT2D eigenvalue weighted by atomic mass is 35.5. The van der Waals surface area contributed by atoms with Gasteiger partial charge in [-0.2, -0.15) is 4.31 Å². The fourth-order valence-corrected chi connectivity index (χ4v) is 8.88. The highest BCUT2D eigenvalue weighted by Crippen LogP contribution is 2.40. The lowest BCUT2D eigenvalue weighted by molar-refractivity contribution is -0.119. The summed E-state index contributed by atoms with van der Waals surface area (Å²) in [5.41, 5.74) is 6.80. The van der Waals surface area contributed by atoms with Gasteiger partial charge in [0, 0.05) is 48.3 Å². The number of hydrogen-bond donors (Lipinski definition) is 3. The average molecular weight is 639 g/mol. The Morgan fingerprint density at radius 3 is 2.63 bits per heavy atom. The minimum atomic E-state index is -3.44. The fourth-order valence-electron chi connectivity index (χ4n) is 6.94. The molecule has 3 aliphatic heterocycles. The summed E-state index contributed by atoms with van der Waals surface area (Å²) in [7, 11) is -3.44. The van der Waals surface area contributed by atoms with Gasteiger partial charge in [0.15, 0.2) is 0 Å². The van der Waals surface area contributed by atoms with Crippen LogP contribution in [-0.2, 0) is 26.0 Å². The van der Waals surface area contributed by atoms with Gasteiger partial charge in [0.05, 0.1) is 23.1 Å². The summed E-state index contributed by atoms with van der Waals surface area (Å²) in [4.78, 5) is 13.7. The molecule has 4 N–H and O–H groups in total. The third-order valence-electron chi connectivity index (χ3n) is 9.13. The van der Waals surface area contributed by atoms with Crippen LogP contribution >= 0.6 is 11.6 Å². The second-order valence-corrected chi connectivity index (χ2v) is 15.1. The minimum Gasteiger partial charge on any atom is -0.376 e. The molecule has 3 aliphatic rings. The Labute approximate surface area is 257 Å². The number of fused-ring (bicyclic) bond motifs is 2. The van der Waals surface area contributed by atoms with Gasteiger partial charge in [-0.1, -0.05) is 23.7 Å². The van der Waals surface area contributed by atoms with E-state index in [-0.39, 0.29) is 41.8 Å². The van der Waals surface area contributed by atoms with Crippen LogP contribution in [0.2, 0.25) is 5.02 Å². The Morgan fingerprint density at radius 2 is 1.91 bits per heavy atom. The predicted molar refractivity (Wildman–Crippen MR) is 164 cm³/mol. The molecule has 3 saturated heterocycles. The topological polar surface area (TPSA) is 114 Å². The highest BCUT2D eigenvalue weighted by Gasteiger charge is 2.40. The molecule has 5 rings (SSSR count). The summed E-state index contributed by atoms with van der Waals surface area (Å²) in [6.07, 6.45) is 3.01. The molecule has 12 heteroatoms. The standard InChI is InChI=1S/C31H41ClF2N4O4S/c1-31(2)16-20(13-14-42-31)27(19-5-7-21(32)8-6-19)28(35)30(39)37-29-24(25(33)11-12-26(29)34)10-9-23-17-36-22-4-3-15-43(40,41)38(23)18-22/h5-8,11-12,20,22-23,27-28,36H,3-4,9-10,13-18,35H2,1-2H3,(H,37,39)/t20-,22+,23-,27-,28-/m0/s1. The molecule has 0 saturated carbocycles. The van der Waals surface area contributed by atoms with E-state index in [2.05, 4.69) is 10.6 Å². The Balaban J connectivity index is 1.37. The lowest BCUT2D eigenvalue weighted by Crippen LogP contribution is -2.57. The van der Waals surface area contributed by atoms with Crippen molar-refractivity contribution in [3.63, 3.8) is 0 Å². The number of sulfonamides is 1. The Morgan fingerprint density at radius 1 is 1.19 bits per heavy atom. The van der Waals surface area contributed by atoms with Crippen molar-refractivity contribution in [3.8, 4) is 0 Å². The highest BCUT2D eigenvalue weighted by molar-refractivity contribution is 7.89. The Hall–Kier alpha value is -2.15. The van der Waals surface area contributed by atoms with Gasteiger partial charge in [-0.3, -0.25) is 4.79 Å². The van der Waals surface area contributed by atoms with Crippen molar-refractivity contribution in [2.24, 2.45) is 11.7 Å². The molecule has 8 nitrogen and oxygen atoms in total. The van der Waals surface area contributed by atoms with Gasteiger partial charge in [-0.15, -0.1) is 0 Å². The first-order valence-corrected chi connectivity index (χ1v) is 17.0. The molecule has 236 valence electrons. The molecule has 3 fully saturated rings. The summed E-state index contributed by atoms with van der Waals surface area (Å²) in [5, 5.41) is 6.56. The Kier molecular flexibility index (Phi) is 9.80. The number of halogens is 3. The second-order valence-electron chi connectivity index (χ2n) is 12.7. The van der Waals surface area contributed by atoms with E-state index in [0.29, 0.717) is 44.0 Å². The van der Waals surface area contributed by atoms with Gasteiger partial charge in [-0.05, 0) is 88.1 Å². The number of nitrogens with two attached hydrogens (primary N) is 1. The molecule has 2 aromatic rings. The van der Waals surface area contributed by atoms with Crippen LogP contribution in [0.5, 0.6) is 0 Å². The van der Waals surface area contributed by atoms with Crippen molar-refractivity contribution >= 4 is 33.2 Å². The van der Waals surface area contributed by atoms with Crippen LogP contribution in [0, 0.1) is 17.6 Å². The van der Waals surface area contributed by atoms with Gasteiger partial charge in [-0.25, -0.2) is 17.2 Å². The third kappa shape index (κ3) is 7.40. The van der Waals surface area contributed by atoms with Crippen molar-refractivity contribution in [2.75, 3.05) is 30.8 Å². The number of rotatable bonds is 8. The maximum Gasteiger partial charge on any atom is 0.242 e. The van der Waals surface area contributed by atoms with Crippen LogP contribution in [-0.4, -0.2) is 67.8 Å². The van der Waals surface area contributed by atoms with E-state index in [1.807, 2.05) is 26.0 Å². The van der Waals surface area contributed by atoms with Crippen LogP contribution in [0.4, 0.5) is 14.5 Å². The van der Waals surface area contributed by atoms with Crippen LogP contribution in [0.3, 0.4) is 0 Å². The summed E-state index contributed by atoms with van der Waals surface area (Å²) >= 11 is 6.14. The number of piperazine rings is 1. The second kappa shape index (κ2) is 13.1. The third-order valence-corrected chi connectivity index (χ3v) is 11.3. The first kappa shape index (κ1) is 32.2. The first-order valence-electron chi connectivity index (χ1n) is 15.0. The van der Waals surface area contributed by atoms with Gasteiger partial charge >= 0.3 is 0 Å². The molecule has 6 atom stereocenters. The van der Waals surface area contributed by atoms with E-state index in [0.717, 1.165) is 24.1 Å². The fraction of sp³-hybridized carbons (Fsp3) is 0.581. The van der Waals surface area contributed by atoms with Crippen molar-refractivity contribution in [2.45, 2.75) is 82.0 Å². The maximum absolute atomic E-state index is 15.3. The zero-order chi connectivity index (χ0) is 30.9. The van der Waals surface area contributed by atoms with Gasteiger partial charge in [0.1, 0.15) is 11.6 Å². The van der Waals surface area contributed by atoms with E-state index in [1.165, 1.54) is 4.31 Å². The van der Waals surface area contributed by atoms with E-state index < -0.39 is 51.2 Å². The molecule has 0 radical (unpaired) electrons. The smallest absolute Gasteiger partial charge is 0.242 e. The summed E-state index contributed by atoms with van der Waals surface area (Å²) in [6.45, 7) is 5.31. The Bertz CT molecular complexity index is 1430. The number of amides is 1. The number of ether oxygens (including phenoxy) is 1. The summed E-state index contributed by atoms with van der Waals surface area (Å²) in [6, 6.07) is 7.80. The van der Waals surface area contributed by atoms with E-state index >= 15 is 8.78 Å². The van der Waals surface area contributed by atoms with Crippen LogP contribution < -0.4 is 16.4 Å². The number of anilines is 1. The van der Waals surface area contributed by atoms with Crippen molar-refractivity contribution in [1.29, 1.82) is 0 Å². The first-order chi connectivity index (χ1) is 20.3. The number of hydrogen-bond acceptors (Lipinski definition) is 6. The van der Waals surface area contributed by atoms with Crippen LogP contribution in [0.25, 0.3) is 0 Å². The zero-order valence-electron chi connectivity index (χ0n) is 24.6. The van der Waals surface area contributed by atoms with E-state index in [9.17, 15) is 13.2 Å². The van der Waals surface area contributed by atoms with Crippen LogP contribution in [0.15, 0.2) is 36.4 Å². The molecule has 0 spiro atoms. The number of nitrogens with one attached hydrogen (secondary N) is 2. The van der Waals surface area contributed by atoms with Crippen LogP contribution in [0.1, 0.15) is 63.0 Å². The molecule has 3 heterocycles. The lowest BCUT2D eigenvalue weighted by Gasteiger charge is -2.41. The van der Waals surface area contributed by atoms with Crippen molar-refractivity contribution < 1.29 is 26.7 Å². The molecule has 2 aromatic carbocycles. The molecule has 1 unspecified atom stereocenters. The monoisotopic (exact) mass is 638 g/mol. The number of benzene rings is 2. The molecule has 0 aliphatic carbocycles. The maximum atomic E-state index is 15.3. The molecule has 0 aromatic heterocycles. The molecular formula is C31H41ClF2N4O4S. The SMILES string of the molecule is CC1(C)C[C@@H]([C@H](c2ccc(Cl)cc2)[C@H](N)C(=O)Nc2c(F)ccc(F)c2CC[C@H]2CN[C@@H]3CCCS(=O)(=O)N2C3)CCO1. The minimum absolute atomic E-state index is 0.000651. The zero-order valence-corrected chi connectivity index (χ0v) is 26.2. The normalized spacial score (nSPS) is 28.0. The lowest BCUT2D eigenvalue weighted by atomic mass is 9.73. The van der Waals surface area contributed by atoms with E-state index in [4.69, 9.17) is 22.1 Å². The molecule has 2 bridgehead atoms. The van der Waals surface area contributed by atoms with Gasteiger partial charge < -0.3 is 21.1 Å². The number of carbonyl (C=O) groups is 1. The number of carbonyl (C=O) groups excluding carboxylic acids is 1. The predicted octanol–water partition coefficient (Wildman–Crippen LogP) is 4.57. The largest absolute Gasteiger partial charge is 0.376 e. The summed E-state index contributed by atoms with van der Waals surface area (Å²) in [5.74, 6) is -2.43.